The SMILES string of the molecule is COCC(C)C.N#C/C(=C/NCCOc1ccc(C2c3[nH]c4ccc(Cl)cc4c3CCN2C=O)cc1)C(=N)N. The van der Waals surface area contributed by atoms with Crippen LogP contribution in [0.3, 0.4) is 0 Å². The molecule has 1 atom stereocenters. The molecular formula is C29H35ClN6O3. The number of fused-ring (bicyclic) bond motifs is 3. The third-order valence-corrected chi connectivity index (χ3v) is 6.36. The van der Waals surface area contributed by atoms with Gasteiger partial charge in [-0.25, -0.2) is 0 Å². The van der Waals surface area contributed by atoms with Crippen LogP contribution in [0.2, 0.25) is 5.02 Å². The van der Waals surface area contributed by atoms with Crippen LogP contribution in [0, 0.1) is 22.7 Å². The molecule has 1 aliphatic heterocycles. The zero-order chi connectivity index (χ0) is 28.4. The molecule has 0 radical (unpaired) electrons. The fourth-order valence-corrected chi connectivity index (χ4v) is 4.58. The second kappa shape index (κ2) is 14.2. The van der Waals surface area contributed by atoms with Crippen LogP contribution in [0.25, 0.3) is 10.9 Å². The zero-order valence-corrected chi connectivity index (χ0v) is 23.2. The molecule has 0 spiro atoms. The highest BCUT2D eigenvalue weighted by Crippen LogP contribution is 2.38. The Kier molecular flexibility index (Phi) is 10.8. The Hall–Kier alpha value is -4.00. The maximum absolute atomic E-state index is 11.8. The van der Waals surface area contributed by atoms with Gasteiger partial charge >= 0.3 is 0 Å². The molecule has 5 N–H and O–H groups in total. The van der Waals surface area contributed by atoms with E-state index in [9.17, 15) is 4.79 Å². The Morgan fingerprint density at radius 1 is 1.33 bits per heavy atom. The number of ether oxygens (including phenoxy) is 2. The number of nitriles is 1. The van der Waals surface area contributed by atoms with Gasteiger partial charge in [-0.2, -0.15) is 5.26 Å². The molecule has 2 heterocycles. The van der Waals surface area contributed by atoms with Crippen LogP contribution in [0.4, 0.5) is 0 Å². The number of hydrogen-bond acceptors (Lipinski definition) is 6. The van der Waals surface area contributed by atoms with E-state index >= 15 is 0 Å². The van der Waals surface area contributed by atoms with Gasteiger partial charge in [0.05, 0.1) is 6.04 Å². The van der Waals surface area contributed by atoms with E-state index in [1.54, 1.807) is 12.0 Å². The van der Waals surface area contributed by atoms with E-state index in [4.69, 9.17) is 37.5 Å². The molecular weight excluding hydrogens is 516 g/mol. The first-order valence-electron chi connectivity index (χ1n) is 12.7. The third kappa shape index (κ3) is 7.76. The van der Waals surface area contributed by atoms with E-state index < -0.39 is 0 Å². The van der Waals surface area contributed by atoms with Gasteiger partial charge in [-0.05, 0) is 53.8 Å². The predicted molar refractivity (Wildman–Crippen MR) is 154 cm³/mol. The van der Waals surface area contributed by atoms with Gasteiger partial charge in [0.15, 0.2) is 0 Å². The van der Waals surface area contributed by atoms with Gasteiger partial charge in [0.2, 0.25) is 6.41 Å². The topological polar surface area (TPSA) is 140 Å². The van der Waals surface area contributed by atoms with Crippen LogP contribution in [0.5, 0.6) is 5.75 Å². The summed E-state index contributed by atoms with van der Waals surface area (Å²) in [5.41, 5.74) is 9.56. The molecule has 1 amide bonds. The van der Waals surface area contributed by atoms with Gasteiger partial charge in [0.25, 0.3) is 0 Å². The lowest BCUT2D eigenvalue weighted by Crippen LogP contribution is -2.34. The van der Waals surface area contributed by atoms with Gasteiger partial charge in [0.1, 0.15) is 29.8 Å². The van der Waals surface area contributed by atoms with Crippen LogP contribution >= 0.6 is 11.6 Å². The van der Waals surface area contributed by atoms with Crippen molar-refractivity contribution in [3.8, 4) is 11.8 Å². The average molecular weight is 551 g/mol. The Morgan fingerprint density at radius 3 is 2.67 bits per heavy atom. The number of aromatic nitrogens is 1. The summed E-state index contributed by atoms with van der Waals surface area (Å²) in [5, 5.41) is 20.8. The molecule has 9 nitrogen and oxygen atoms in total. The van der Waals surface area contributed by atoms with Gasteiger partial charge in [0, 0.05) is 54.6 Å². The molecule has 10 heteroatoms. The molecule has 39 heavy (non-hydrogen) atoms. The number of nitrogens with two attached hydrogens (primary N) is 1. The standard InChI is InChI=1S/C24H23ClN6O2.C5H12O/c25-17-3-6-21-20(11-17)19-7-9-31(14-32)23(22(19)30-21)15-1-4-18(5-2-15)33-10-8-29-13-16(12-26)24(27)28;1-5(2)4-6-3/h1-6,11,13-14,23,29-30H,7-10H2,(H3,27,28);5H,4H2,1-3H3/b16-13-;. The first kappa shape index (κ1) is 29.6. The molecule has 206 valence electrons. The number of hydrogen-bond donors (Lipinski definition) is 4. The molecule has 0 bridgehead atoms. The lowest BCUT2D eigenvalue weighted by atomic mass is 9.93. The largest absolute Gasteiger partial charge is 0.492 e. The summed E-state index contributed by atoms with van der Waals surface area (Å²) in [7, 11) is 1.72. The number of nitrogens with one attached hydrogen (secondary N) is 3. The van der Waals surface area contributed by atoms with Gasteiger partial charge in [-0.15, -0.1) is 0 Å². The second-order valence-electron chi connectivity index (χ2n) is 9.51. The highest BCUT2D eigenvalue weighted by atomic mass is 35.5. The fraction of sp³-hybridized carbons (Fsp3) is 0.345. The number of carbonyl (C=O) groups excluding carboxylic acids is 1. The van der Waals surface area contributed by atoms with Gasteiger partial charge in [-0.3, -0.25) is 10.2 Å². The summed E-state index contributed by atoms with van der Waals surface area (Å²) in [5.74, 6) is 1.08. The normalized spacial score (nSPS) is 14.7. The maximum atomic E-state index is 11.8. The minimum absolute atomic E-state index is 0.0742. The first-order valence-corrected chi connectivity index (χ1v) is 13.1. The monoisotopic (exact) mass is 550 g/mol. The Bertz CT molecular complexity index is 1340. The van der Waals surface area contributed by atoms with Crippen LogP contribution in [0.1, 0.15) is 36.7 Å². The van der Waals surface area contributed by atoms with Gasteiger partial charge in [-0.1, -0.05) is 37.6 Å². The number of halogens is 1. The number of methoxy groups -OCH3 is 1. The summed E-state index contributed by atoms with van der Waals surface area (Å²) in [4.78, 5) is 17.1. The summed E-state index contributed by atoms with van der Waals surface area (Å²) >= 11 is 6.21. The Labute approximate surface area is 234 Å². The van der Waals surface area contributed by atoms with E-state index in [0.29, 0.717) is 36.4 Å². The maximum Gasteiger partial charge on any atom is 0.210 e. The third-order valence-electron chi connectivity index (χ3n) is 6.13. The molecule has 1 aliphatic rings. The summed E-state index contributed by atoms with van der Waals surface area (Å²) in [6.07, 6.45) is 3.06. The number of benzene rings is 2. The second-order valence-corrected chi connectivity index (χ2v) is 9.94. The average Bonchev–Trinajstić information content (AvgIpc) is 3.28. The molecule has 0 fully saturated rings. The minimum Gasteiger partial charge on any atom is -0.492 e. The smallest absolute Gasteiger partial charge is 0.210 e. The lowest BCUT2D eigenvalue weighted by Gasteiger charge is -2.33. The number of amidine groups is 1. The molecule has 3 aromatic rings. The van der Waals surface area contributed by atoms with Crippen LogP contribution < -0.4 is 15.8 Å². The molecule has 1 aromatic heterocycles. The Morgan fingerprint density at radius 2 is 2.08 bits per heavy atom. The molecule has 0 saturated carbocycles. The van der Waals surface area contributed by atoms with Crippen LogP contribution in [-0.4, -0.2) is 55.5 Å². The van der Waals surface area contributed by atoms with E-state index in [1.165, 1.54) is 11.8 Å². The highest BCUT2D eigenvalue weighted by molar-refractivity contribution is 6.31. The predicted octanol–water partition coefficient (Wildman–Crippen LogP) is 4.53. The summed E-state index contributed by atoms with van der Waals surface area (Å²) in [6, 6.07) is 15.1. The van der Waals surface area contributed by atoms with Crippen molar-refractivity contribution in [2.45, 2.75) is 26.3 Å². The van der Waals surface area contributed by atoms with Crippen molar-refractivity contribution in [3.63, 3.8) is 0 Å². The Balaban J connectivity index is 0.000000631. The van der Waals surface area contributed by atoms with Gasteiger partial charge < -0.3 is 30.4 Å². The minimum atomic E-state index is -0.283. The van der Waals surface area contributed by atoms with E-state index in [-0.39, 0.29) is 17.5 Å². The van der Waals surface area contributed by atoms with Crippen molar-refractivity contribution in [1.29, 1.82) is 10.7 Å². The summed E-state index contributed by atoms with van der Waals surface area (Å²) in [6.45, 7) is 6.57. The molecule has 4 rings (SSSR count). The van der Waals surface area contributed by atoms with E-state index in [1.807, 2.05) is 48.5 Å². The number of carbonyl (C=O) groups is 1. The number of rotatable bonds is 10. The van der Waals surface area contributed by atoms with E-state index in [2.05, 4.69) is 24.1 Å². The van der Waals surface area contributed by atoms with Crippen LogP contribution in [-0.2, 0) is 16.0 Å². The molecule has 2 aromatic carbocycles. The highest BCUT2D eigenvalue weighted by Gasteiger charge is 2.31. The lowest BCUT2D eigenvalue weighted by molar-refractivity contribution is -0.120. The molecule has 1 unspecified atom stereocenters. The van der Waals surface area contributed by atoms with Crippen LogP contribution in [0.15, 0.2) is 54.2 Å². The molecule has 0 aliphatic carbocycles. The number of H-pyrrole nitrogens is 1. The van der Waals surface area contributed by atoms with E-state index in [0.717, 1.165) is 41.6 Å². The number of amides is 1. The number of aromatic amines is 1. The first-order chi connectivity index (χ1) is 18.8. The van der Waals surface area contributed by atoms with Crippen molar-refractivity contribution in [1.82, 2.24) is 15.2 Å². The summed E-state index contributed by atoms with van der Waals surface area (Å²) < 4.78 is 10.5. The fourth-order valence-electron chi connectivity index (χ4n) is 4.40. The van der Waals surface area contributed by atoms with Crippen molar-refractivity contribution < 1.29 is 14.3 Å². The van der Waals surface area contributed by atoms with Crippen molar-refractivity contribution in [2.75, 3.05) is 33.4 Å². The number of nitrogens with zero attached hydrogens (tertiary/aromatic N) is 2. The van der Waals surface area contributed by atoms with Crippen molar-refractivity contribution in [2.24, 2.45) is 11.7 Å². The van der Waals surface area contributed by atoms with Crippen molar-refractivity contribution in [3.05, 3.63) is 76.1 Å². The molecule has 0 saturated heterocycles. The quantitative estimate of drug-likeness (QED) is 0.0961. The zero-order valence-electron chi connectivity index (χ0n) is 22.5. The van der Waals surface area contributed by atoms with Crippen molar-refractivity contribution >= 4 is 34.7 Å².